The van der Waals surface area contributed by atoms with E-state index < -0.39 is 21.8 Å². The van der Waals surface area contributed by atoms with Crippen LogP contribution in [-0.2, 0) is 19.6 Å². The number of carbonyl (C=O) groups excluding carboxylic acids is 1. The number of esters is 1. The molecule has 0 fully saturated rings. The Morgan fingerprint density at radius 1 is 0.931 bits per heavy atom. The Morgan fingerprint density at radius 2 is 1.66 bits per heavy atom. The number of fused-ring (bicyclic) bond motifs is 1. The summed E-state index contributed by atoms with van der Waals surface area (Å²) in [4.78, 5) is 11.9. The maximum atomic E-state index is 13.4. The molecule has 0 spiro atoms. The first-order valence-corrected chi connectivity index (χ1v) is 10.5. The molecule has 0 aromatic heterocycles. The largest absolute Gasteiger partial charge is 0.487 e. The van der Waals surface area contributed by atoms with Crippen LogP contribution in [0.4, 0.5) is 4.39 Å². The summed E-state index contributed by atoms with van der Waals surface area (Å²) in [6.45, 7) is -0.164. The van der Waals surface area contributed by atoms with Crippen molar-refractivity contribution in [3.8, 4) is 5.75 Å². The van der Waals surface area contributed by atoms with Crippen LogP contribution in [0.2, 0.25) is 0 Å². The topological polar surface area (TPSA) is 81.7 Å². The molecule has 8 heteroatoms. The predicted molar refractivity (Wildman–Crippen MR) is 107 cm³/mol. The fourth-order valence-corrected chi connectivity index (χ4v) is 3.71. The van der Waals surface area contributed by atoms with Gasteiger partial charge in [0.05, 0.1) is 11.3 Å². The van der Waals surface area contributed by atoms with Crippen LogP contribution in [0.15, 0.2) is 71.6 Å². The predicted octanol–water partition coefficient (Wildman–Crippen LogP) is 3.27. The molecular formula is C21H20FNO5S. The van der Waals surface area contributed by atoms with E-state index in [1.165, 1.54) is 18.2 Å². The van der Waals surface area contributed by atoms with E-state index in [1.807, 2.05) is 24.3 Å². The molecule has 3 aromatic carbocycles. The first kappa shape index (κ1) is 20.8. The van der Waals surface area contributed by atoms with Gasteiger partial charge in [0.15, 0.2) is 11.6 Å². The highest BCUT2D eigenvalue weighted by molar-refractivity contribution is 7.89. The molecule has 0 unspecified atom stereocenters. The number of para-hydroxylation sites is 1. The molecule has 0 radical (unpaired) electrons. The lowest BCUT2D eigenvalue weighted by Crippen LogP contribution is -2.27. The molecule has 0 aliphatic carbocycles. The third-order valence-corrected chi connectivity index (χ3v) is 5.55. The summed E-state index contributed by atoms with van der Waals surface area (Å²) < 4.78 is 50.7. The van der Waals surface area contributed by atoms with E-state index in [0.29, 0.717) is 0 Å². The summed E-state index contributed by atoms with van der Waals surface area (Å²) >= 11 is 0. The van der Waals surface area contributed by atoms with Crippen molar-refractivity contribution >= 4 is 26.8 Å². The number of carbonyl (C=O) groups is 1. The lowest BCUT2D eigenvalue weighted by molar-refractivity contribution is -0.144. The molecule has 0 bridgehead atoms. The Morgan fingerprint density at radius 3 is 2.45 bits per heavy atom. The summed E-state index contributed by atoms with van der Waals surface area (Å²) in [5, 5.41) is 1.75. The van der Waals surface area contributed by atoms with E-state index in [1.54, 1.807) is 24.3 Å². The third kappa shape index (κ3) is 5.75. The second kappa shape index (κ2) is 9.49. The molecular weight excluding hydrogens is 397 g/mol. The number of sulfonamides is 1. The van der Waals surface area contributed by atoms with Gasteiger partial charge in [0.1, 0.15) is 13.2 Å². The van der Waals surface area contributed by atoms with Gasteiger partial charge >= 0.3 is 5.97 Å². The van der Waals surface area contributed by atoms with Crippen LogP contribution in [-0.4, -0.2) is 34.1 Å². The number of hydrogen-bond donors (Lipinski definition) is 1. The molecule has 29 heavy (non-hydrogen) atoms. The summed E-state index contributed by atoms with van der Waals surface area (Å²) in [6.07, 6.45) is -0.132. The van der Waals surface area contributed by atoms with Crippen molar-refractivity contribution in [2.45, 2.75) is 11.3 Å². The lowest BCUT2D eigenvalue weighted by atomic mass is 10.1. The average molecular weight is 417 g/mol. The van der Waals surface area contributed by atoms with Crippen LogP contribution >= 0.6 is 0 Å². The second-order valence-corrected chi connectivity index (χ2v) is 7.92. The van der Waals surface area contributed by atoms with Gasteiger partial charge in [0.2, 0.25) is 10.0 Å². The molecule has 0 saturated carbocycles. The number of hydrogen-bond acceptors (Lipinski definition) is 5. The zero-order valence-corrected chi connectivity index (χ0v) is 16.3. The quantitative estimate of drug-likeness (QED) is 0.427. The molecule has 0 aliphatic rings. The summed E-state index contributed by atoms with van der Waals surface area (Å²) in [6, 6.07) is 18.2. The highest BCUT2D eigenvalue weighted by atomic mass is 32.2. The van der Waals surface area contributed by atoms with Crippen LogP contribution in [0.1, 0.15) is 6.42 Å². The van der Waals surface area contributed by atoms with E-state index in [4.69, 9.17) is 9.47 Å². The molecule has 0 atom stereocenters. The van der Waals surface area contributed by atoms with Gasteiger partial charge in [0.25, 0.3) is 0 Å². The first-order chi connectivity index (χ1) is 14.0. The molecule has 1 N–H and O–H groups in total. The standard InChI is InChI=1S/C21H20FNO5S/c22-19-7-3-4-8-20(19)27-13-14-28-21(24)11-12-23-29(25,26)18-10-9-16-5-1-2-6-17(16)15-18/h1-10,15,23H,11-14H2. The second-order valence-electron chi connectivity index (χ2n) is 6.16. The fraction of sp³-hybridized carbons (Fsp3) is 0.190. The number of nitrogens with one attached hydrogen (secondary N) is 1. The van der Waals surface area contributed by atoms with Gasteiger partial charge in [0, 0.05) is 6.54 Å². The normalized spacial score (nSPS) is 11.3. The first-order valence-electron chi connectivity index (χ1n) is 8.97. The minimum atomic E-state index is -3.74. The number of ether oxygens (including phenoxy) is 2. The van der Waals surface area contributed by atoms with E-state index >= 15 is 0 Å². The fourth-order valence-electron chi connectivity index (χ4n) is 2.65. The molecule has 3 aromatic rings. The van der Waals surface area contributed by atoms with Crippen molar-refractivity contribution < 1.29 is 27.1 Å². The lowest BCUT2D eigenvalue weighted by Gasteiger charge is -2.09. The SMILES string of the molecule is O=C(CCNS(=O)(=O)c1ccc2ccccc2c1)OCCOc1ccccc1F. The molecule has 6 nitrogen and oxygen atoms in total. The molecule has 0 amide bonds. The van der Waals surface area contributed by atoms with E-state index in [0.717, 1.165) is 10.8 Å². The third-order valence-electron chi connectivity index (χ3n) is 4.09. The monoisotopic (exact) mass is 417 g/mol. The highest BCUT2D eigenvalue weighted by Crippen LogP contribution is 2.19. The van der Waals surface area contributed by atoms with Gasteiger partial charge in [-0.1, -0.05) is 42.5 Å². The van der Waals surface area contributed by atoms with E-state index in [9.17, 15) is 17.6 Å². The zero-order valence-electron chi connectivity index (χ0n) is 15.5. The number of rotatable bonds is 9. The van der Waals surface area contributed by atoms with Crippen molar-refractivity contribution in [1.29, 1.82) is 0 Å². The van der Waals surface area contributed by atoms with Gasteiger partial charge in [-0.15, -0.1) is 0 Å². The van der Waals surface area contributed by atoms with E-state index in [2.05, 4.69) is 4.72 Å². The number of halogens is 1. The summed E-state index contributed by atoms with van der Waals surface area (Å²) in [5.74, 6) is -1.00. The van der Waals surface area contributed by atoms with E-state index in [-0.39, 0.29) is 36.8 Å². The van der Waals surface area contributed by atoms with Crippen molar-refractivity contribution in [3.05, 3.63) is 72.5 Å². The van der Waals surface area contributed by atoms with Crippen LogP contribution in [0.25, 0.3) is 10.8 Å². The molecule has 0 saturated heterocycles. The van der Waals surface area contributed by atoms with Crippen LogP contribution in [0, 0.1) is 5.82 Å². The van der Waals surface area contributed by atoms with Crippen molar-refractivity contribution in [2.24, 2.45) is 0 Å². The van der Waals surface area contributed by atoms with Crippen molar-refractivity contribution in [1.82, 2.24) is 4.72 Å². The molecule has 0 heterocycles. The smallest absolute Gasteiger partial charge is 0.307 e. The average Bonchev–Trinajstić information content (AvgIpc) is 2.72. The minimum Gasteiger partial charge on any atom is -0.487 e. The maximum absolute atomic E-state index is 13.4. The Balaban J connectivity index is 1.42. The molecule has 0 aliphatic heterocycles. The van der Waals surface area contributed by atoms with Gasteiger partial charge in [-0.25, -0.2) is 17.5 Å². The minimum absolute atomic E-state index is 0.00447. The van der Waals surface area contributed by atoms with Gasteiger partial charge in [-0.3, -0.25) is 4.79 Å². The summed E-state index contributed by atoms with van der Waals surface area (Å²) in [7, 11) is -3.74. The highest BCUT2D eigenvalue weighted by Gasteiger charge is 2.15. The number of benzene rings is 3. The van der Waals surface area contributed by atoms with Crippen LogP contribution in [0.5, 0.6) is 5.75 Å². The summed E-state index contributed by atoms with van der Waals surface area (Å²) in [5.41, 5.74) is 0. The molecule has 152 valence electrons. The Kier molecular flexibility index (Phi) is 6.79. The van der Waals surface area contributed by atoms with Crippen LogP contribution < -0.4 is 9.46 Å². The van der Waals surface area contributed by atoms with Gasteiger partial charge in [-0.05, 0) is 35.0 Å². The van der Waals surface area contributed by atoms with Crippen LogP contribution in [0.3, 0.4) is 0 Å². The molecule has 3 rings (SSSR count). The maximum Gasteiger partial charge on any atom is 0.307 e. The van der Waals surface area contributed by atoms with Crippen molar-refractivity contribution in [2.75, 3.05) is 19.8 Å². The Hall–Kier alpha value is -2.97. The van der Waals surface area contributed by atoms with Crippen molar-refractivity contribution in [3.63, 3.8) is 0 Å². The van der Waals surface area contributed by atoms with Gasteiger partial charge in [-0.2, -0.15) is 0 Å². The Labute approximate surface area is 168 Å². The van der Waals surface area contributed by atoms with Gasteiger partial charge < -0.3 is 9.47 Å². The zero-order chi connectivity index (χ0) is 20.7. The Bertz CT molecular complexity index is 1100.